The highest BCUT2D eigenvalue weighted by Crippen LogP contribution is 2.16. The van der Waals surface area contributed by atoms with Crippen molar-refractivity contribution < 1.29 is 17.6 Å². The van der Waals surface area contributed by atoms with Gasteiger partial charge in [-0.2, -0.15) is 0 Å². The molecule has 0 aromatic heterocycles. The van der Waals surface area contributed by atoms with Crippen LogP contribution in [0.4, 0.5) is 10.1 Å². The zero-order valence-corrected chi connectivity index (χ0v) is 11.0. The zero-order chi connectivity index (χ0) is 14.0. The van der Waals surface area contributed by atoms with E-state index in [2.05, 4.69) is 5.32 Å². The number of carbonyl (C=O) groups excluding carboxylic acids is 1. The molecule has 0 radical (unpaired) electrons. The Labute approximate surface area is 110 Å². The highest BCUT2D eigenvalue weighted by Gasteiger charge is 2.25. The first-order chi connectivity index (χ1) is 8.87. The van der Waals surface area contributed by atoms with Crippen molar-refractivity contribution in [2.45, 2.75) is 18.9 Å². The summed E-state index contributed by atoms with van der Waals surface area (Å²) < 4.78 is 35.4. The van der Waals surface area contributed by atoms with Crippen molar-refractivity contribution in [2.24, 2.45) is 0 Å². The Kier molecular flexibility index (Phi) is 3.75. The summed E-state index contributed by atoms with van der Waals surface area (Å²) in [6, 6.07) is 3.39. The maximum atomic E-state index is 12.9. The fraction of sp³-hybridized carbons (Fsp3) is 0.417. The second kappa shape index (κ2) is 5.16. The van der Waals surface area contributed by atoms with Crippen LogP contribution < -0.4 is 11.1 Å². The van der Waals surface area contributed by atoms with Crippen LogP contribution in [0.3, 0.4) is 0 Å². The summed E-state index contributed by atoms with van der Waals surface area (Å²) in [5, 5.41) is 2.73. The lowest BCUT2D eigenvalue weighted by atomic mass is 10.1. The summed E-state index contributed by atoms with van der Waals surface area (Å²) in [5.41, 5.74) is 5.85. The van der Waals surface area contributed by atoms with Gasteiger partial charge in [0.05, 0.1) is 17.1 Å². The van der Waals surface area contributed by atoms with E-state index in [9.17, 15) is 17.6 Å². The molecular weight excluding hydrogens is 271 g/mol. The third-order valence-corrected chi connectivity index (χ3v) is 4.86. The molecule has 1 aliphatic heterocycles. The number of rotatable bonds is 2. The van der Waals surface area contributed by atoms with Gasteiger partial charge < -0.3 is 11.1 Å². The standard InChI is InChI=1S/C12H15FN2O3S/c13-8-1-2-10(11(14)7-8)12(16)15-9-3-5-19(17,18)6-4-9/h1-2,7,9H,3-6,14H2,(H,15,16). The Balaban J connectivity index is 2.02. The molecule has 0 aliphatic carbocycles. The number of sulfone groups is 1. The van der Waals surface area contributed by atoms with Crippen LogP contribution in [-0.2, 0) is 9.84 Å². The minimum atomic E-state index is -2.96. The molecule has 1 aromatic carbocycles. The van der Waals surface area contributed by atoms with E-state index in [0.29, 0.717) is 12.8 Å². The van der Waals surface area contributed by atoms with E-state index in [1.165, 1.54) is 6.07 Å². The summed E-state index contributed by atoms with van der Waals surface area (Å²) >= 11 is 0. The number of anilines is 1. The molecule has 1 amide bonds. The predicted octanol–water partition coefficient (Wildman–Crippen LogP) is 0.715. The lowest BCUT2D eigenvalue weighted by molar-refractivity contribution is 0.0935. The molecule has 1 saturated heterocycles. The maximum absolute atomic E-state index is 12.9. The van der Waals surface area contributed by atoms with Crippen LogP contribution in [0.2, 0.25) is 0 Å². The fourth-order valence-corrected chi connectivity index (χ4v) is 3.53. The van der Waals surface area contributed by atoms with Gasteiger partial charge in [-0.05, 0) is 31.0 Å². The molecule has 1 fully saturated rings. The largest absolute Gasteiger partial charge is 0.398 e. The SMILES string of the molecule is Nc1cc(F)ccc1C(=O)NC1CCS(=O)(=O)CC1. The van der Waals surface area contributed by atoms with Crippen LogP contribution in [0.5, 0.6) is 0 Å². The van der Waals surface area contributed by atoms with Gasteiger partial charge in [0.1, 0.15) is 15.7 Å². The van der Waals surface area contributed by atoms with Crippen LogP contribution in [0.1, 0.15) is 23.2 Å². The van der Waals surface area contributed by atoms with Gasteiger partial charge in [-0.15, -0.1) is 0 Å². The van der Waals surface area contributed by atoms with Crippen LogP contribution in [0.25, 0.3) is 0 Å². The summed E-state index contributed by atoms with van der Waals surface area (Å²) in [6.45, 7) is 0. The molecule has 0 atom stereocenters. The number of hydrogen-bond donors (Lipinski definition) is 2. The smallest absolute Gasteiger partial charge is 0.253 e. The summed E-state index contributed by atoms with van der Waals surface area (Å²) in [4.78, 5) is 11.9. The molecular formula is C12H15FN2O3S. The molecule has 1 heterocycles. The highest BCUT2D eigenvalue weighted by molar-refractivity contribution is 7.91. The Morgan fingerprint density at radius 2 is 1.95 bits per heavy atom. The number of hydrogen-bond acceptors (Lipinski definition) is 4. The van der Waals surface area contributed by atoms with E-state index in [4.69, 9.17) is 5.73 Å². The highest BCUT2D eigenvalue weighted by atomic mass is 32.2. The molecule has 19 heavy (non-hydrogen) atoms. The zero-order valence-electron chi connectivity index (χ0n) is 10.2. The first kappa shape index (κ1) is 13.8. The number of benzene rings is 1. The van der Waals surface area contributed by atoms with Crippen LogP contribution in [0, 0.1) is 5.82 Å². The quantitative estimate of drug-likeness (QED) is 0.784. The third kappa shape index (κ3) is 3.44. The molecule has 1 aliphatic rings. The van der Waals surface area contributed by atoms with Gasteiger partial charge >= 0.3 is 0 Å². The Morgan fingerprint density at radius 3 is 2.53 bits per heavy atom. The summed E-state index contributed by atoms with van der Waals surface area (Å²) in [6.07, 6.45) is 0.796. The van der Waals surface area contributed by atoms with Gasteiger partial charge in [-0.3, -0.25) is 4.79 Å². The van der Waals surface area contributed by atoms with Crippen molar-refractivity contribution in [2.75, 3.05) is 17.2 Å². The number of halogens is 1. The molecule has 2 rings (SSSR count). The van der Waals surface area contributed by atoms with E-state index in [1.54, 1.807) is 0 Å². The van der Waals surface area contributed by atoms with Crippen LogP contribution in [-0.4, -0.2) is 31.9 Å². The number of amides is 1. The van der Waals surface area contributed by atoms with E-state index in [1.807, 2.05) is 0 Å². The lowest BCUT2D eigenvalue weighted by Crippen LogP contribution is -2.41. The molecule has 0 saturated carbocycles. The van der Waals surface area contributed by atoms with E-state index < -0.39 is 21.6 Å². The summed E-state index contributed by atoms with van der Waals surface area (Å²) in [5.74, 6) is -0.743. The van der Waals surface area contributed by atoms with Crippen molar-refractivity contribution in [1.29, 1.82) is 0 Å². The normalized spacial score (nSPS) is 19.0. The lowest BCUT2D eigenvalue weighted by Gasteiger charge is -2.23. The van der Waals surface area contributed by atoms with Crippen molar-refractivity contribution in [3.63, 3.8) is 0 Å². The first-order valence-electron chi connectivity index (χ1n) is 5.94. The van der Waals surface area contributed by atoms with E-state index in [0.717, 1.165) is 12.1 Å². The van der Waals surface area contributed by atoms with Gasteiger partial charge in [0.2, 0.25) is 0 Å². The number of nitrogens with two attached hydrogens (primary N) is 1. The molecule has 7 heteroatoms. The predicted molar refractivity (Wildman–Crippen MR) is 70.0 cm³/mol. The second-order valence-electron chi connectivity index (χ2n) is 4.63. The van der Waals surface area contributed by atoms with Gasteiger partial charge in [0.25, 0.3) is 5.91 Å². The van der Waals surface area contributed by atoms with Crippen molar-refractivity contribution in [1.82, 2.24) is 5.32 Å². The van der Waals surface area contributed by atoms with Crippen molar-refractivity contribution in [3.8, 4) is 0 Å². The van der Waals surface area contributed by atoms with Crippen LogP contribution >= 0.6 is 0 Å². The molecule has 3 N–H and O–H groups in total. The number of carbonyl (C=O) groups is 1. The van der Waals surface area contributed by atoms with Gasteiger partial charge in [0, 0.05) is 11.7 Å². The Morgan fingerprint density at radius 1 is 1.32 bits per heavy atom. The number of nitrogens with one attached hydrogen (secondary N) is 1. The van der Waals surface area contributed by atoms with Crippen molar-refractivity contribution in [3.05, 3.63) is 29.6 Å². The molecule has 5 nitrogen and oxygen atoms in total. The van der Waals surface area contributed by atoms with E-state index in [-0.39, 0.29) is 28.8 Å². The van der Waals surface area contributed by atoms with Gasteiger partial charge in [0.15, 0.2) is 0 Å². The van der Waals surface area contributed by atoms with Crippen molar-refractivity contribution >= 4 is 21.4 Å². The minimum Gasteiger partial charge on any atom is -0.398 e. The van der Waals surface area contributed by atoms with Gasteiger partial charge in [-0.1, -0.05) is 0 Å². The number of nitrogen functional groups attached to an aromatic ring is 1. The molecule has 0 spiro atoms. The average molecular weight is 286 g/mol. The monoisotopic (exact) mass is 286 g/mol. The first-order valence-corrected chi connectivity index (χ1v) is 7.76. The van der Waals surface area contributed by atoms with E-state index >= 15 is 0 Å². The maximum Gasteiger partial charge on any atom is 0.253 e. The molecule has 0 unspecified atom stereocenters. The Bertz CT molecular complexity index is 587. The Hall–Kier alpha value is -1.63. The summed E-state index contributed by atoms with van der Waals surface area (Å²) in [7, 11) is -2.96. The topological polar surface area (TPSA) is 89.3 Å². The second-order valence-corrected chi connectivity index (χ2v) is 6.93. The third-order valence-electron chi connectivity index (χ3n) is 3.15. The fourth-order valence-electron chi connectivity index (χ4n) is 2.04. The minimum absolute atomic E-state index is 0.0703. The molecule has 1 aromatic rings. The molecule has 104 valence electrons. The average Bonchev–Trinajstić information content (AvgIpc) is 2.31. The van der Waals surface area contributed by atoms with Crippen LogP contribution in [0.15, 0.2) is 18.2 Å². The molecule has 0 bridgehead atoms. The van der Waals surface area contributed by atoms with Gasteiger partial charge in [-0.25, -0.2) is 12.8 Å².